The molecule has 5 rings (SSSR count). The van der Waals surface area contributed by atoms with E-state index in [1.807, 2.05) is 19.1 Å². The van der Waals surface area contributed by atoms with Gasteiger partial charge in [-0.05, 0) is 80.9 Å². The van der Waals surface area contributed by atoms with Gasteiger partial charge in [-0.2, -0.15) is 5.10 Å². The number of aryl methyl sites for hydroxylation is 1. The Balaban J connectivity index is 1.27. The van der Waals surface area contributed by atoms with E-state index in [1.165, 1.54) is 11.1 Å². The number of rotatable bonds is 8. The van der Waals surface area contributed by atoms with Crippen molar-refractivity contribution < 1.29 is 9.53 Å². The molecule has 1 atom stereocenters. The number of benzene rings is 3. The molecule has 2 aliphatic heterocycles. The molecule has 1 unspecified atom stereocenters. The van der Waals surface area contributed by atoms with E-state index in [2.05, 4.69) is 78.6 Å². The van der Waals surface area contributed by atoms with Crippen molar-refractivity contribution in [1.82, 2.24) is 9.91 Å². The standard InChI is InChI=1S/C32H37N3O2/c1-3-37-29-15-13-28(14-16-29)31-22-30(27-11-9-24(2)10-12-27)33-35(31)32(36)23-34-19-17-26(18-20-34)21-25-7-5-4-6-8-25/h4-16,26,31H,3,17-23H2,1-2H3. The van der Waals surface area contributed by atoms with Crippen LogP contribution in [0.5, 0.6) is 5.75 Å². The molecule has 0 aromatic heterocycles. The first-order valence-corrected chi connectivity index (χ1v) is 13.5. The largest absolute Gasteiger partial charge is 0.494 e. The molecule has 0 bridgehead atoms. The lowest BCUT2D eigenvalue weighted by molar-refractivity contribution is -0.134. The normalized spacial score (nSPS) is 18.6. The van der Waals surface area contributed by atoms with E-state index in [1.54, 1.807) is 5.01 Å². The fraction of sp³-hybridized carbons (Fsp3) is 0.375. The third kappa shape index (κ3) is 6.28. The summed E-state index contributed by atoms with van der Waals surface area (Å²) < 4.78 is 5.63. The number of amides is 1. The Morgan fingerprint density at radius 2 is 1.65 bits per heavy atom. The predicted octanol–water partition coefficient (Wildman–Crippen LogP) is 6.03. The highest BCUT2D eigenvalue weighted by Crippen LogP contribution is 2.34. The molecular weight excluding hydrogens is 458 g/mol. The lowest BCUT2D eigenvalue weighted by Crippen LogP contribution is -2.42. The van der Waals surface area contributed by atoms with Gasteiger partial charge in [0.05, 0.1) is 24.9 Å². The van der Waals surface area contributed by atoms with Crippen molar-refractivity contribution in [3.63, 3.8) is 0 Å². The average molecular weight is 496 g/mol. The second-order valence-electron chi connectivity index (χ2n) is 10.3. The van der Waals surface area contributed by atoms with Crippen LogP contribution in [0.15, 0.2) is 84.0 Å². The number of piperidine rings is 1. The van der Waals surface area contributed by atoms with E-state index in [9.17, 15) is 4.79 Å². The zero-order chi connectivity index (χ0) is 25.6. The van der Waals surface area contributed by atoms with Crippen molar-refractivity contribution in [2.75, 3.05) is 26.2 Å². The minimum Gasteiger partial charge on any atom is -0.494 e. The van der Waals surface area contributed by atoms with Crippen LogP contribution >= 0.6 is 0 Å². The summed E-state index contributed by atoms with van der Waals surface area (Å²) in [6.07, 6.45) is 4.09. The van der Waals surface area contributed by atoms with Crippen molar-refractivity contribution in [1.29, 1.82) is 0 Å². The third-order valence-corrected chi connectivity index (χ3v) is 7.56. The lowest BCUT2D eigenvalue weighted by atomic mass is 9.90. The molecule has 3 aromatic rings. The fourth-order valence-corrected chi connectivity index (χ4v) is 5.43. The Morgan fingerprint density at radius 3 is 2.32 bits per heavy atom. The van der Waals surface area contributed by atoms with Crippen LogP contribution in [0.2, 0.25) is 0 Å². The second kappa shape index (κ2) is 11.7. The van der Waals surface area contributed by atoms with E-state index < -0.39 is 0 Å². The number of ether oxygens (including phenoxy) is 1. The molecule has 2 aliphatic rings. The number of nitrogens with zero attached hydrogens (tertiary/aromatic N) is 3. The van der Waals surface area contributed by atoms with Gasteiger partial charge in [0, 0.05) is 6.42 Å². The zero-order valence-corrected chi connectivity index (χ0v) is 22.0. The van der Waals surface area contributed by atoms with Crippen LogP contribution in [0.1, 0.15) is 54.5 Å². The number of hydrogen-bond donors (Lipinski definition) is 0. The number of carbonyl (C=O) groups excluding carboxylic acids is 1. The third-order valence-electron chi connectivity index (χ3n) is 7.56. The maximum atomic E-state index is 13.6. The minimum atomic E-state index is -0.102. The fourth-order valence-electron chi connectivity index (χ4n) is 5.43. The van der Waals surface area contributed by atoms with Gasteiger partial charge in [-0.1, -0.05) is 72.3 Å². The Hall–Kier alpha value is -3.44. The van der Waals surface area contributed by atoms with Crippen LogP contribution < -0.4 is 4.74 Å². The Kier molecular flexibility index (Phi) is 8.00. The van der Waals surface area contributed by atoms with Crippen molar-refractivity contribution in [3.05, 3.63) is 101 Å². The summed E-state index contributed by atoms with van der Waals surface area (Å²) in [6, 6.07) is 27.2. The molecule has 0 radical (unpaired) electrons. The monoisotopic (exact) mass is 495 g/mol. The van der Waals surface area contributed by atoms with Gasteiger partial charge >= 0.3 is 0 Å². The van der Waals surface area contributed by atoms with Gasteiger partial charge in [-0.25, -0.2) is 5.01 Å². The highest BCUT2D eigenvalue weighted by atomic mass is 16.5. The molecule has 2 heterocycles. The molecular formula is C32H37N3O2. The highest BCUT2D eigenvalue weighted by Gasteiger charge is 2.34. The number of carbonyl (C=O) groups is 1. The van der Waals surface area contributed by atoms with E-state index in [0.717, 1.165) is 54.9 Å². The summed E-state index contributed by atoms with van der Waals surface area (Å²) in [6.45, 7) is 7.03. The molecule has 1 amide bonds. The van der Waals surface area contributed by atoms with Crippen molar-refractivity contribution >= 4 is 11.6 Å². The van der Waals surface area contributed by atoms with Gasteiger partial charge in [-0.3, -0.25) is 9.69 Å². The average Bonchev–Trinajstić information content (AvgIpc) is 3.37. The molecule has 1 fully saturated rings. The van der Waals surface area contributed by atoms with E-state index >= 15 is 0 Å². The first kappa shape index (κ1) is 25.2. The van der Waals surface area contributed by atoms with Crippen LogP contribution in [-0.2, 0) is 11.2 Å². The maximum Gasteiger partial charge on any atom is 0.257 e. The zero-order valence-electron chi connectivity index (χ0n) is 22.0. The highest BCUT2D eigenvalue weighted by molar-refractivity contribution is 6.03. The summed E-state index contributed by atoms with van der Waals surface area (Å²) in [5, 5.41) is 6.62. The summed E-state index contributed by atoms with van der Waals surface area (Å²) >= 11 is 0. The van der Waals surface area contributed by atoms with Gasteiger partial charge in [0.25, 0.3) is 5.91 Å². The molecule has 0 N–H and O–H groups in total. The Bertz CT molecular complexity index is 1200. The van der Waals surface area contributed by atoms with Crippen molar-refractivity contribution in [2.45, 2.75) is 45.6 Å². The first-order chi connectivity index (χ1) is 18.1. The SMILES string of the molecule is CCOc1ccc(C2CC(c3ccc(C)cc3)=NN2C(=O)CN2CCC(Cc3ccccc3)CC2)cc1. The maximum absolute atomic E-state index is 13.6. The van der Waals surface area contributed by atoms with Gasteiger partial charge < -0.3 is 4.74 Å². The first-order valence-electron chi connectivity index (χ1n) is 13.5. The van der Waals surface area contributed by atoms with Crippen LogP contribution in [0.4, 0.5) is 0 Å². The lowest BCUT2D eigenvalue weighted by Gasteiger charge is -2.33. The summed E-state index contributed by atoms with van der Waals surface area (Å²) in [4.78, 5) is 15.9. The number of likely N-dealkylation sites (tertiary alicyclic amines) is 1. The van der Waals surface area contributed by atoms with Crippen LogP contribution in [-0.4, -0.2) is 47.8 Å². The molecule has 0 spiro atoms. The van der Waals surface area contributed by atoms with Crippen molar-refractivity contribution in [3.8, 4) is 5.75 Å². The summed E-state index contributed by atoms with van der Waals surface area (Å²) in [5.41, 5.74) is 5.76. The van der Waals surface area contributed by atoms with Gasteiger partial charge in [0.15, 0.2) is 0 Å². The van der Waals surface area contributed by atoms with Gasteiger partial charge in [0.1, 0.15) is 5.75 Å². The van der Waals surface area contributed by atoms with Gasteiger partial charge in [-0.15, -0.1) is 0 Å². The second-order valence-corrected chi connectivity index (χ2v) is 10.3. The van der Waals surface area contributed by atoms with Gasteiger partial charge in [0.2, 0.25) is 0 Å². The molecule has 5 heteroatoms. The predicted molar refractivity (Wildman–Crippen MR) is 149 cm³/mol. The topological polar surface area (TPSA) is 45.1 Å². The molecule has 0 aliphatic carbocycles. The quantitative estimate of drug-likeness (QED) is 0.384. The molecule has 1 saturated heterocycles. The van der Waals surface area contributed by atoms with E-state index in [-0.39, 0.29) is 11.9 Å². The van der Waals surface area contributed by atoms with Crippen LogP contribution in [0, 0.1) is 12.8 Å². The molecule has 5 nitrogen and oxygen atoms in total. The minimum absolute atomic E-state index is 0.0718. The smallest absolute Gasteiger partial charge is 0.257 e. The summed E-state index contributed by atoms with van der Waals surface area (Å²) in [7, 11) is 0. The summed E-state index contributed by atoms with van der Waals surface area (Å²) in [5.74, 6) is 1.60. The Morgan fingerprint density at radius 1 is 0.946 bits per heavy atom. The van der Waals surface area contributed by atoms with Crippen LogP contribution in [0.3, 0.4) is 0 Å². The molecule has 0 saturated carbocycles. The van der Waals surface area contributed by atoms with E-state index in [4.69, 9.17) is 9.84 Å². The molecule has 3 aromatic carbocycles. The number of hydrazone groups is 1. The molecule has 192 valence electrons. The van der Waals surface area contributed by atoms with Crippen LogP contribution in [0.25, 0.3) is 0 Å². The molecule has 37 heavy (non-hydrogen) atoms. The number of hydrogen-bond acceptors (Lipinski definition) is 4. The Labute approximate surface area is 220 Å². The van der Waals surface area contributed by atoms with Crippen molar-refractivity contribution in [2.24, 2.45) is 11.0 Å². The van der Waals surface area contributed by atoms with E-state index in [0.29, 0.717) is 25.5 Å².